The van der Waals surface area contributed by atoms with Crippen molar-refractivity contribution in [3.8, 4) is 12.3 Å². The lowest BCUT2D eigenvalue weighted by Crippen LogP contribution is -2.44. The van der Waals surface area contributed by atoms with Crippen molar-refractivity contribution in [3.63, 3.8) is 0 Å². The Morgan fingerprint density at radius 2 is 1.71 bits per heavy atom. The number of likely N-dealkylation sites (tertiary alicyclic amines) is 1. The van der Waals surface area contributed by atoms with Crippen LogP contribution in [-0.2, 0) is 0 Å². The highest BCUT2D eigenvalue weighted by Crippen LogP contribution is 2.62. The van der Waals surface area contributed by atoms with Crippen LogP contribution in [0.3, 0.4) is 0 Å². The van der Waals surface area contributed by atoms with Crippen molar-refractivity contribution in [3.05, 3.63) is 0 Å². The topological polar surface area (TPSA) is 15.3 Å². The fraction of sp³-hybridized carbons (Fsp3) is 0.867. The third kappa shape index (κ3) is 2.23. The van der Waals surface area contributed by atoms with Crippen LogP contribution in [0.25, 0.3) is 0 Å². The van der Waals surface area contributed by atoms with Gasteiger partial charge < -0.3 is 5.32 Å². The van der Waals surface area contributed by atoms with E-state index in [4.69, 9.17) is 6.42 Å². The Morgan fingerprint density at radius 1 is 1.18 bits per heavy atom. The molecule has 1 saturated carbocycles. The molecule has 0 aromatic rings. The molecule has 2 heteroatoms. The van der Waals surface area contributed by atoms with E-state index in [0.29, 0.717) is 22.9 Å². The highest BCUT2D eigenvalue weighted by Gasteiger charge is 2.64. The van der Waals surface area contributed by atoms with Crippen molar-refractivity contribution in [2.75, 3.05) is 19.6 Å². The fourth-order valence-corrected chi connectivity index (χ4v) is 3.24. The second-order valence-electron chi connectivity index (χ2n) is 6.80. The molecule has 1 heterocycles. The number of rotatable bonds is 3. The molecular formula is C15H26N2. The van der Waals surface area contributed by atoms with Gasteiger partial charge in [0, 0.05) is 25.2 Å². The highest BCUT2D eigenvalue weighted by molar-refractivity contribution is 5.18. The van der Waals surface area contributed by atoms with Crippen LogP contribution in [0.15, 0.2) is 0 Å². The molecule has 1 aliphatic heterocycles. The Balaban J connectivity index is 1.79. The molecule has 0 amide bonds. The molecule has 96 valence electrons. The molecule has 2 fully saturated rings. The monoisotopic (exact) mass is 234 g/mol. The first kappa shape index (κ1) is 12.9. The van der Waals surface area contributed by atoms with Crippen molar-refractivity contribution in [2.24, 2.45) is 10.8 Å². The number of terminal acetylenes is 1. The van der Waals surface area contributed by atoms with Gasteiger partial charge in [-0.05, 0) is 23.7 Å². The van der Waals surface area contributed by atoms with Crippen LogP contribution in [-0.4, -0.2) is 36.6 Å². The van der Waals surface area contributed by atoms with Gasteiger partial charge in [-0.2, -0.15) is 0 Å². The Kier molecular flexibility index (Phi) is 3.27. The minimum atomic E-state index is 0.447. The molecule has 0 aromatic carbocycles. The van der Waals surface area contributed by atoms with Gasteiger partial charge in [0.05, 0.1) is 6.54 Å². The first-order valence-electron chi connectivity index (χ1n) is 6.81. The molecule has 0 atom stereocenters. The van der Waals surface area contributed by atoms with Crippen molar-refractivity contribution >= 4 is 0 Å². The summed E-state index contributed by atoms with van der Waals surface area (Å²) in [4.78, 5) is 2.38. The van der Waals surface area contributed by atoms with Gasteiger partial charge in [0.2, 0.25) is 0 Å². The van der Waals surface area contributed by atoms with Crippen molar-refractivity contribution in [2.45, 2.75) is 52.6 Å². The van der Waals surface area contributed by atoms with Gasteiger partial charge in [-0.3, -0.25) is 4.90 Å². The summed E-state index contributed by atoms with van der Waals surface area (Å²) >= 11 is 0. The Morgan fingerprint density at radius 3 is 2.12 bits per heavy atom. The van der Waals surface area contributed by atoms with Gasteiger partial charge >= 0.3 is 0 Å². The minimum absolute atomic E-state index is 0.447. The van der Waals surface area contributed by atoms with Crippen LogP contribution in [0.2, 0.25) is 0 Å². The minimum Gasteiger partial charge on any atom is -0.310 e. The summed E-state index contributed by atoms with van der Waals surface area (Å²) < 4.78 is 0. The summed E-state index contributed by atoms with van der Waals surface area (Å²) in [5.74, 6) is 2.74. The van der Waals surface area contributed by atoms with E-state index >= 15 is 0 Å². The summed E-state index contributed by atoms with van der Waals surface area (Å²) in [5, 5.41) is 3.86. The predicted octanol–water partition coefficient (Wildman–Crippen LogP) is 2.11. The Bertz CT molecular complexity index is 302. The zero-order valence-electron chi connectivity index (χ0n) is 11.7. The molecule has 0 radical (unpaired) electrons. The average Bonchev–Trinajstić information content (AvgIpc) is 2.64. The van der Waals surface area contributed by atoms with Crippen LogP contribution in [0.4, 0.5) is 0 Å². The van der Waals surface area contributed by atoms with E-state index in [1.54, 1.807) is 0 Å². The fourth-order valence-electron chi connectivity index (χ4n) is 3.24. The van der Waals surface area contributed by atoms with Crippen LogP contribution in [0.5, 0.6) is 0 Å². The van der Waals surface area contributed by atoms with E-state index in [1.807, 2.05) is 0 Å². The van der Waals surface area contributed by atoms with Crippen molar-refractivity contribution in [1.29, 1.82) is 0 Å². The smallest absolute Gasteiger partial charge is 0.0598 e. The normalized spacial score (nSPS) is 28.9. The number of piperidine rings is 1. The molecule has 1 saturated heterocycles. The van der Waals surface area contributed by atoms with E-state index in [2.05, 4.69) is 43.8 Å². The standard InChI is InChI=1S/C15H26N2/c1-6-9-17-10-7-12(8-11-17)16-13-14(2,3)15(13,4)5/h1,12-13,16H,7-11H2,2-5H3. The Labute approximate surface area is 106 Å². The third-order valence-electron chi connectivity index (χ3n) is 5.33. The molecule has 0 bridgehead atoms. The number of nitrogens with zero attached hydrogens (tertiary/aromatic N) is 1. The van der Waals surface area contributed by atoms with Gasteiger partial charge in [-0.25, -0.2) is 0 Å². The Hall–Kier alpha value is -0.520. The molecule has 2 aliphatic rings. The van der Waals surface area contributed by atoms with Crippen LogP contribution in [0, 0.1) is 23.2 Å². The average molecular weight is 234 g/mol. The summed E-state index contributed by atoms with van der Waals surface area (Å²) in [7, 11) is 0. The second-order valence-corrected chi connectivity index (χ2v) is 6.80. The van der Waals surface area contributed by atoms with E-state index in [1.165, 1.54) is 12.8 Å². The summed E-state index contributed by atoms with van der Waals surface area (Å²) in [5.41, 5.74) is 0.895. The molecule has 1 aliphatic carbocycles. The zero-order valence-corrected chi connectivity index (χ0v) is 11.7. The maximum Gasteiger partial charge on any atom is 0.0598 e. The van der Waals surface area contributed by atoms with E-state index in [0.717, 1.165) is 19.6 Å². The molecule has 0 spiro atoms. The van der Waals surface area contributed by atoms with Gasteiger partial charge in [-0.1, -0.05) is 33.6 Å². The number of nitrogens with one attached hydrogen (secondary N) is 1. The number of hydrogen-bond donors (Lipinski definition) is 1. The highest BCUT2D eigenvalue weighted by atomic mass is 15.2. The summed E-state index contributed by atoms with van der Waals surface area (Å²) in [6, 6.07) is 1.37. The molecule has 2 nitrogen and oxygen atoms in total. The molecular weight excluding hydrogens is 208 g/mol. The number of hydrogen-bond acceptors (Lipinski definition) is 2. The SMILES string of the molecule is C#CCN1CCC(NC2C(C)(C)C2(C)C)CC1. The van der Waals surface area contributed by atoms with Crippen LogP contribution >= 0.6 is 0 Å². The molecule has 17 heavy (non-hydrogen) atoms. The summed E-state index contributed by atoms with van der Waals surface area (Å²) in [6.07, 6.45) is 7.83. The predicted molar refractivity (Wildman–Crippen MR) is 72.8 cm³/mol. The quantitative estimate of drug-likeness (QED) is 0.752. The maximum atomic E-state index is 5.35. The van der Waals surface area contributed by atoms with Crippen molar-refractivity contribution in [1.82, 2.24) is 10.2 Å². The zero-order chi connectivity index (χ0) is 12.7. The van der Waals surface area contributed by atoms with E-state index in [-0.39, 0.29) is 0 Å². The lowest BCUT2D eigenvalue weighted by atomic mass is 10.0. The van der Waals surface area contributed by atoms with Crippen molar-refractivity contribution < 1.29 is 0 Å². The van der Waals surface area contributed by atoms with E-state index in [9.17, 15) is 0 Å². The van der Waals surface area contributed by atoms with Crippen LogP contribution < -0.4 is 5.32 Å². The molecule has 0 unspecified atom stereocenters. The molecule has 0 aromatic heterocycles. The molecule has 2 rings (SSSR count). The summed E-state index contributed by atoms with van der Waals surface area (Å²) in [6.45, 7) is 12.6. The third-order valence-corrected chi connectivity index (χ3v) is 5.33. The lowest BCUT2D eigenvalue weighted by molar-refractivity contribution is 0.213. The second kappa shape index (κ2) is 4.30. The largest absolute Gasteiger partial charge is 0.310 e. The van der Waals surface area contributed by atoms with E-state index < -0.39 is 0 Å². The first-order valence-corrected chi connectivity index (χ1v) is 6.81. The van der Waals surface area contributed by atoms with Gasteiger partial charge in [0.15, 0.2) is 0 Å². The van der Waals surface area contributed by atoms with Gasteiger partial charge in [0.1, 0.15) is 0 Å². The molecule has 1 N–H and O–H groups in total. The maximum absolute atomic E-state index is 5.35. The van der Waals surface area contributed by atoms with Gasteiger partial charge in [0.25, 0.3) is 0 Å². The lowest BCUT2D eigenvalue weighted by Gasteiger charge is -2.31. The first-order chi connectivity index (χ1) is 7.89. The van der Waals surface area contributed by atoms with Crippen LogP contribution in [0.1, 0.15) is 40.5 Å². The van der Waals surface area contributed by atoms with Gasteiger partial charge in [-0.15, -0.1) is 6.42 Å².